The van der Waals surface area contributed by atoms with E-state index in [9.17, 15) is 19.8 Å². The number of rotatable bonds is 5. The van der Waals surface area contributed by atoms with Crippen LogP contribution in [-0.4, -0.2) is 28.6 Å². The van der Waals surface area contributed by atoms with E-state index >= 15 is 0 Å². The van der Waals surface area contributed by atoms with Crippen molar-refractivity contribution in [2.45, 2.75) is 0 Å². The van der Waals surface area contributed by atoms with E-state index < -0.39 is 18.3 Å². The molecule has 0 amide bonds. The van der Waals surface area contributed by atoms with Gasteiger partial charge in [-0.2, -0.15) is 0 Å². The Kier molecular flexibility index (Phi) is 5.57. The zero-order valence-electron chi connectivity index (χ0n) is 14.1. The summed E-state index contributed by atoms with van der Waals surface area (Å²) in [7, 11) is 0. The van der Waals surface area contributed by atoms with Crippen molar-refractivity contribution in [1.82, 2.24) is 0 Å². The van der Waals surface area contributed by atoms with E-state index in [2.05, 4.69) is 15.9 Å². The molecule has 0 fully saturated rings. The summed E-state index contributed by atoms with van der Waals surface area (Å²) in [6, 6.07) is 18.3. The van der Waals surface area contributed by atoms with Crippen molar-refractivity contribution in [1.29, 1.82) is 0 Å². The Morgan fingerprint density at radius 2 is 1.44 bits per heavy atom. The van der Waals surface area contributed by atoms with Crippen molar-refractivity contribution in [3.8, 4) is 22.6 Å². The molecule has 2 N–H and O–H groups in total. The van der Waals surface area contributed by atoms with Gasteiger partial charge in [-0.15, -0.1) is 0 Å². The van der Waals surface area contributed by atoms with E-state index in [0.717, 1.165) is 21.7 Å². The van der Waals surface area contributed by atoms with Crippen LogP contribution in [0.4, 0.5) is 0 Å². The van der Waals surface area contributed by atoms with Gasteiger partial charge in [-0.3, -0.25) is 4.79 Å². The van der Waals surface area contributed by atoms with E-state index in [1.165, 1.54) is 12.1 Å². The lowest BCUT2D eigenvalue weighted by molar-refractivity contribution is 0.0472. The van der Waals surface area contributed by atoms with Crippen LogP contribution < -0.4 is 0 Å². The Morgan fingerprint density at radius 1 is 0.852 bits per heavy atom. The second kappa shape index (κ2) is 8.05. The summed E-state index contributed by atoms with van der Waals surface area (Å²) in [5.41, 5.74) is 2.28. The molecule has 0 radical (unpaired) electrons. The molecule has 0 bridgehead atoms. The number of aromatic hydroxyl groups is 2. The van der Waals surface area contributed by atoms with Gasteiger partial charge in [-0.05, 0) is 35.4 Å². The van der Waals surface area contributed by atoms with Crippen molar-refractivity contribution in [2.75, 3.05) is 6.61 Å². The van der Waals surface area contributed by atoms with E-state index in [4.69, 9.17) is 4.74 Å². The van der Waals surface area contributed by atoms with Crippen LogP contribution >= 0.6 is 15.9 Å². The predicted molar refractivity (Wildman–Crippen MR) is 104 cm³/mol. The summed E-state index contributed by atoms with van der Waals surface area (Å²) in [6.07, 6.45) is 0. The highest BCUT2D eigenvalue weighted by atomic mass is 79.9. The molecule has 0 aliphatic rings. The SMILES string of the molecule is O=C(COC(=O)c1ccc(O)cc1O)c1ccc(-c2ccc(Br)cc2)cc1. The zero-order chi connectivity index (χ0) is 19.4. The number of halogens is 1. The quantitative estimate of drug-likeness (QED) is 0.461. The Balaban J connectivity index is 1.64. The fourth-order valence-electron chi connectivity index (χ4n) is 2.48. The highest BCUT2D eigenvalue weighted by Crippen LogP contribution is 2.24. The number of benzene rings is 3. The highest BCUT2D eigenvalue weighted by Gasteiger charge is 2.15. The molecule has 3 rings (SSSR count). The van der Waals surface area contributed by atoms with Crippen molar-refractivity contribution in [3.05, 3.63) is 82.3 Å². The molecule has 0 atom stereocenters. The largest absolute Gasteiger partial charge is 0.508 e. The fraction of sp³-hybridized carbons (Fsp3) is 0.0476. The standard InChI is InChI=1S/C21H15BrO5/c22-16-7-5-14(6-8-16)13-1-3-15(4-2-13)20(25)12-27-21(26)18-10-9-17(23)11-19(18)24/h1-11,23-24H,12H2. The molecule has 0 saturated carbocycles. The number of carbonyl (C=O) groups is 2. The van der Waals surface area contributed by atoms with Gasteiger partial charge >= 0.3 is 5.97 Å². The minimum absolute atomic E-state index is 0.119. The molecular formula is C21H15BrO5. The van der Waals surface area contributed by atoms with E-state index in [1.54, 1.807) is 12.1 Å². The number of phenols is 2. The van der Waals surface area contributed by atoms with Crippen LogP contribution in [0.1, 0.15) is 20.7 Å². The number of carbonyl (C=O) groups excluding carboxylic acids is 2. The third-order valence-electron chi connectivity index (χ3n) is 3.92. The monoisotopic (exact) mass is 426 g/mol. The second-order valence-corrected chi connectivity index (χ2v) is 6.70. The highest BCUT2D eigenvalue weighted by molar-refractivity contribution is 9.10. The Hall–Kier alpha value is -3.12. The summed E-state index contributed by atoms with van der Waals surface area (Å²) in [4.78, 5) is 24.2. The van der Waals surface area contributed by atoms with Crippen LogP contribution in [0.15, 0.2) is 71.2 Å². The third kappa shape index (κ3) is 4.54. The second-order valence-electron chi connectivity index (χ2n) is 5.79. The topological polar surface area (TPSA) is 83.8 Å². The first-order valence-electron chi connectivity index (χ1n) is 8.02. The molecule has 0 aliphatic heterocycles. The van der Waals surface area contributed by atoms with Gasteiger partial charge in [0.2, 0.25) is 0 Å². The van der Waals surface area contributed by atoms with Gasteiger partial charge in [0.15, 0.2) is 12.4 Å². The lowest BCUT2D eigenvalue weighted by atomic mass is 10.0. The van der Waals surface area contributed by atoms with Crippen LogP contribution in [0.3, 0.4) is 0 Å². The average molecular weight is 427 g/mol. The maximum Gasteiger partial charge on any atom is 0.342 e. The number of hydrogen-bond donors (Lipinski definition) is 2. The van der Waals surface area contributed by atoms with Gasteiger partial charge in [-0.1, -0.05) is 52.3 Å². The minimum atomic E-state index is -0.840. The fourth-order valence-corrected chi connectivity index (χ4v) is 2.74. The molecule has 3 aromatic carbocycles. The number of hydrogen-bond acceptors (Lipinski definition) is 5. The molecule has 0 aromatic heterocycles. The van der Waals surface area contributed by atoms with Gasteiger partial charge in [0.1, 0.15) is 17.1 Å². The van der Waals surface area contributed by atoms with Gasteiger partial charge in [-0.25, -0.2) is 4.79 Å². The molecule has 0 aliphatic carbocycles. The molecule has 0 spiro atoms. The number of ketones is 1. The van der Waals surface area contributed by atoms with Crippen LogP contribution in [-0.2, 0) is 4.74 Å². The summed E-state index contributed by atoms with van der Waals surface area (Å²) in [6.45, 7) is -0.448. The molecule has 5 nitrogen and oxygen atoms in total. The number of esters is 1. The molecule has 0 unspecified atom stereocenters. The van der Waals surface area contributed by atoms with Crippen LogP contribution in [0.25, 0.3) is 11.1 Å². The van der Waals surface area contributed by atoms with Crippen molar-refractivity contribution in [3.63, 3.8) is 0 Å². The molecule has 136 valence electrons. The maximum atomic E-state index is 12.2. The van der Waals surface area contributed by atoms with E-state index in [1.807, 2.05) is 36.4 Å². The van der Waals surface area contributed by atoms with Crippen LogP contribution in [0.5, 0.6) is 11.5 Å². The van der Waals surface area contributed by atoms with Gasteiger partial charge in [0.05, 0.1) is 0 Å². The molecule has 3 aromatic rings. The van der Waals surface area contributed by atoms with Gasteiger partial charge in [0, 0.05) is 16.1 Å². The van der Waals surface area contributed by atoms with Gasteiger partial charge < -0.3 is 14.9 Å². The first-order valence-corrected chi connectivity index (χ1v) is 8.81. The first-order chi connectivity index (χ1) is 12.9. The number of Topliss-reactive ketones (excluding diaryl/α,β-unsaturated/α-hetero) is 1. The Morgan fingerprint density at radius 3 is 2.04 bits per heavy atom. The number of ether oxygens (including phenoxy) is 1. The Bertz CT molecular complexity index is 978. The minimum Gasteiger partial charge on any atom is -0.508 e. The van der Waals surface area contributed by atoms with Crippen molar-refractivity contribution in [2.24, 2.45) is 0 Å². The lowest BCUT2D eigenvalue weighted by Gasteiger charge is -2.07. The molecule has 0 saturated heterocycles. The smallest absolute Gasteiger partial charge is 0.342 e. The molecule has 6 heteroatoms. The van der Waals surface area contributed by atoms with Crippen LogP contribution in [0.2, 0.25) is 0 Å². The molecule has 0 heterocycles. The van der Waals surface area contributed by atoms with E-state index in [-0.39, 0.29) is 17.1 Å². The molecular weight excluding hydrogens is 412 g/mol. The van der Waals surface area contributed by atoms with Gasteiger partial charge in [0.25, 0.3) is 0 Å². The lowest BCUT2D eigenvalue weighted by Crippen LogP contribution is -2.14. The summed E-state index contributed by atoms with van der Waals surface area (Å²) in [5, 5.41) is 18.9. The summed E-state index contributed by atoms with van der Waals surface area (Å²) >= 11 is 3.39. The van der Waals surface area contributed by atoms with Crippen molar-refractivity contribution < 1.29 is 24.5 Å². The third-order valence-corrected chi connectivity index (χ3v) is 4.45. The van der Waals surface area contributed by atoms with Crippen molar-refractivity contribution >= 4 is 27.7 Å². The maximum absolute atomic E-state index is 12.2. The average Bonchev–Trinajstić information content (AvgIpc) is 2.66. The summed E-state index contributed by atoms with van der Waals surface area (Å²) < 4.78 is 5.94. The molecule has 27 heavy (non-hydrogen) atoms. The normalized spacial score (nSPS) is 10.4. The predicted octanol–water partition coefficient (Wildman–Crippen LogP) is 4.57. The first kappa shape index (κ1) is 18.7. The Labute approximate surface area is 164 Å². The zero-order valence-corrected chi connectivity index (χ0v) is 15.6. The summed E-state index contributed by atoms with van der Waals surface area (Å²) in [5.74, 6) is -1.78. The number of phenolic OH excluding ortho intramolecular Hbond substituents is 2. The van der Waals surface area contributed by atoms with Crippen LogP contribution in [0, 0.1) is 0 Å². The van der Waals surface area contributed by atoms with E-state index in [0.29, 0.717) is 5.56 Å².